The van der Waals surface area contributed by atoms with Crippen molar-refractivity contribution in [3.8, 4) is 6.07 Å². The molecule has 1 N–H and O–H groups in total. The third-order valence-electron chi connectivity index (χ3n) is 6.55. The summed E-state index contributed by atoms with van der Waals surface area (Å²) < 4.78 is 0. The zero-order valence-electron chi connectivity index (χ0n) is 18.1. The fourth-order valence-electron chi connectivity index (χ4n) is 4.43. The van der Waals surface area contributed by atoms with E-state index in [2.05, 4.69) is 56.7 Å². The summed E-state index contributed by atoms with van der Waals surface area (Å²) in [6.07, 6.45) is 11.1. The second-order valence-corrected chi connectivity index (χ2v) is 9.48. The number of thioether (sulfide) groups is 1. The van der Waals surface area contributed by atoms with Crippen molar-refractivity contribution < 1.29 is 1.43 Å². The van der Waals surface area contributed by atoms with Crippen LogP contribution >= 0.6 is 11.8 Å². The molecule has 1 aromatic rings. The molecule has 1 saturated heterocycles. The Labute approximate surface area is 189 Å². The van der Waals surface area contributed by atoms with Gasteiger partial charge in [-0.15, -0.1) is 0 Å². The van der Waals surface area contributed by atoms with Crippen LogP contribution in [0.5, 0.6) is 0 Å². The number of likely N-dealkylation sites (N-methyl/N-ethyl adjacent to an activating group) is 1. The molecule has 162 valence electrons. The zero-order chi connectivity index (χ0) is 21.4. The molecule has 0 spiro atoms. The van der Waals surface area contributed by atoms with Gasteiger partial charge < -0.3 is 15.1 Å². The van der Waals surface area contributed by atoms with Crippen LogP contribution in [0.1, 0.15) is 32.4 Å². The predicted molar refractivity (Wildman–Crippen MR) is 128 cm³/mol. The van der Waals surface area contributed by atoms with Gasteiger partial charge in [0.2, 0.25) is 5.95 Å². The fraction of sp³-hybridized carbons (Fsp3) is 0.458. The van der Waals surface area contributed by atoms with Gasteiger partial charge >= 0.3 is 0 Å². The number of allylic oxidation sites excluding steroid dienone is 5. The molecular formula is C24H30N6S. The van der Waals surface area contributed by atoms with E-state index in [1.54, 1.807) is 11.8 Å². The van der Waals surface area contributed by atoms with Crippen molar-refractivity contribution >= 4 is 23.3 Å². The van der Waals surface area contributed by atoms with Crippen molar-refractivity contribution in [2.45, 2.75) is 26.7 Å². The number of hydrogen-bond acceptors (Lipinski definition) is 7. The van der Waals surface area contributed by atoms with Crippen LogP contribution in [0.25, 0.3) is 5.57 Å². The Morgan fingerprint density at radius 3 is 2.94 bits per heavy atom. The van der Waals surface area contributed by atoms with Crippen molar-refractivity contribution in [3.05, 3.63) is 57.4 Å². The summed E-state index contributed by atoms with van der Waals surface area (Å²) in [5, 5.41) is 16.5. The summed E-state index contributed by atoms with van der Waals surface area (Å²) in [6, 6.07) is 2.41. The van der Waals surface area contributed by atoms with Crippen LogP contribution < -0.4 is 10.2 Å². The molecule has 1 saturated carbocycles. The number of aromatic nitrogens is 2. The van der Waals surface area contributed by atoms with Crippen LogP contribution in [-0.2, 0) is 0 Å². The lowest BCUT2D eigenvalue weighted by Gasteiger charge is -2.34. The van der Waals surface area contributed by atoms with E-state index in [-0.39, 0.29) is 1.43 Å². The van der Waals surface area contributed by atoms with Gasteiger partial charge in [-0.25, -0.2) is 9.97 Å². The Morgan fingerprint density at radius 1 is 1.32 bits per heavy atom. The number of rotatable bonds is 4. The van der Waals surface area contributed by atoms with Gasteiger partial charge in [0.05, 0.1) is 10.7 Å². The second-order valence-electron chi connectivity index (χ2n) is 8.60. The van der Waals surface area contributed by atoms with Crippen LogP contribution in [0, 0.1) is 30.1 Å². The van der Waals surface area contributed by atoms with E-state index in [0.29, 0.717) is 11.5 Å². The first kappa shape index (κ1) is 20.3. The van der Waals surface area contributed by atoms with E-state index in [1.165, 1.54) is 12.0 Å². The van der Waals surface area contributed by atoms with E-state index < -0.39 is 0 Å². The molecule has 0 radical (unpaired) electrons. The number of hydrogen-bond donors (Lipinski definition) is 1. The van der Waals surface area contributed by atoms with Gasteiger partial charge in [0.15, 0.2) is 0 Å². The Bertz CT molecular complexity index is 1050. The molecule has 0 bridgehead atoms. The van der Waals surface area contributed by atoms with Gasteiger partial charge in [-0.3, -0.25) is 0 Å². The van der Waals surface area contributed by atoms with Crippen LogP contribution in [0.4, 0.5) is 5.95 Å². The molecule has 2 unspecified atom stereocenters. The molecule has 2 aliphatic heterocycles. The average molecular weight is 435 g/mol. The third-order valence-corrected chi connectivity index (χ3v) is 7.45. The van der Waals surface area contributed by atoms with Crippen molar-refractivity contribution in [2.24, 2.45) is 11.8 Å². The van der Waals surface area contributed by atoms with Gasteiger partial charge in [-0.05, 0) is 49.3 Å². The lowest BCUT2D eigenvalue weighted by Crippen LogP contribution is -2.46. The number of nitriles is 1. The maximum absolute atomic E-state index is 10.0. The van der Waals surface area contributed by atoms with E-state index in [4.69, 9.17) is 4.98 Å². The lowest BCUT2D eigenvalue weighted by molar-refractivity contribution is 0.270. The van der Waals surface area contributed by atoms with Crippen LogP contribution in [0.3, 0.4) is 0 Å². The quantitative estimate of drug-likeness (QED) is 0.566. The molecule has 3 heterocycles. The van der Waals surface area contributed by atoms with Crippen molar-refractivity contribution in [1.29, 1.82) is 5.26 Å². The molecule has 31 heavy (non-hydrogen) atoms. The largest absolute Gasteiger partial charge is 0.348 e. The summed E-state index contributed by atoms with van der Waals surface area (Å²) in [6.45, 7) is 9.11. The first-order chi connectivity index (χ1) is 15.2. The monoisotopic (exact) mass is 434 g/mol. The normalized spacial score (nSPS) is 26.9. The minimum atomic E-state index is 0. The van der Waals surface area contributed by atoms with E-state index in [1.807, 2.05) is 13.1 Å². The lowest BCUT2D eigenvalue weighted by atomic mass is 10.1. The number of fused-ring (bicyclic) bond motifs is 1. The topological polar surface area (TPSA) is 68.1 Å². The number of nitrogens with one attached hydrogen (secondary N) is 1. The molecule has 0 amide bonds. The summed E-state index contributed by atoms with van der Waals surface area (Å²) in [5.41, 5.74) is 4.70. The summed E-state index contributed by atoms with van der Waals surface area (Å²) in [4.78, 5) is 14.1. The number of aryl methyl sites for hydroxylation is 1. The molecule has 2 fully saturated rings. The smallest absolute Gasteiger partial charge is 0.225 e. The summed E-state index contributed by atoms with van der Waals surface area (Å²) in [7, 11) is 0. The van der Waals surface area contributed by atoms with Gasteiger partial charge in [-0.1, -0.05) is 36.9 Å². The number of anilines is 1. The highest BCUT2D eigenvalue weighted by Gasteiger charge is 2.35. The first-order valence-corrected chi connectivity index (χ1v) is 12.0. The standard InChI is InChI=1S/C24H28N6S.H2/c1-3-29-7-9-30(10-8-29)24-26-14-16(2)22(28-24)20(13-25)23-27-21(15-31-23)18-6-4-5-17-11-19(17)12-18;/h4-5,12,14-15,17,19,27H,3,6-11H2,1-2H3;1H/b23-20-;. The average Bonchev–Trinajstić information content (AvgIpc) is 3.41. The van der Waals surface area contributed by atoms with E-state index in [9.17, 15) is 5.26 Å². The first-order valence-electron chi connectivity index (χ1n) is 11.1. The Kier molecular flexibility index (Phi) is 5.59. The zero-order valence-corrected chi connectivity index (χ0v) is 19.0. The molecule has 4 aliphatic rings. The Morgan fingerprint density at radius 2 is 2.16 bits per heavy atom. The van der Waals surface area contributed by atoms with Gasteiger partial charge in [0.1, 0.15) is 11.6 Å². The van der Waals surface area contributed by atoms with E-state index in [0.717, 1.165) is 73.0 Å². The second kappa shape index (κ2) is 8.52. The number of nitrogens with zero attached hydrogens (tertiary/aromatic N) is 5. The molecule has 6 nitrogen and oxygen atoms in total. The van der Waals surface area contributed by atoms with Crippen molar-refractivity contribution in [3.63, 3.8) is 0 Å². The predicted octanol–water partition coefficient (Wildman–Crippen LogP) is 4.07. The maximum atomic E-state index is 10.0. The molecule has 2 aliphatic carbocycles. The molecular weight excluding hydrogens is 404 g/mol. The van der Waals surface area contributed by atoms with Gasteiger partial charge in [0.25, 0.3) is 0 Å². The molecule has 0 aromatic carbocycles. The SMILES string of the molecule is CCN1CCN(c2ncc(C)c(/C(C#N)=C3/NC(C4=CC5CC5C=CC4)=CS3)n2)CC1.[HH]. The molecule has 1 aromatic heterocycles. The Hall–Kier alpha value is -2.56. The number of piperazine rings is 1. The highest BCUT2D eigenvalue weighted by molar-refractivity contribution is 8.06. The van der Waals surface area contributed by atoms with Crippen molar-refractivity contribution in [2.75, 3.05) is 37.6 Å². The highest BCUT2D eigenvalue weighted by atomic mass is 32.2. The van der Waals surface area contributed by atoms with Crippen LogP contribution in [0.15, 0.2) is 46.1 Å². The van der Waals surface area contributed by atoms with Crippen LogP contribution in [0.2, 0.25) is 0 Å². The van der Waals surface area contributed by atoms with Gasteiger partial charge in [-0.2, -0.15) is 5.26 Å². The molecule has 2 atom stereocenters. The minimum Gasteiger partial charge on any atom is -0.348 e. The molecule has 5 rings (SSSR count). The minimum absolute atomic E-state index is 0. The van der Waals surface area contributed by atoms with Gasteiger partial charge in [0, 0.05) is 44.9 Å². The maximum Gasteiger partial charge on any atom is 0.225 e. The highest BCUT2D eigenvalue weighted by Crippen LogP contribution is 2.45. The summed E-state index contributed by atoms with van der Waals surface area (Å²) >= 11 is 1.59. The fourth-order valence-corrected chi connectivity index (χ4v) is 5.31. The Balaban J connectivity index is 0.00000245. The molecule has 7 heteroatoms. The van der Waals surface area contributed by atoms with E-state index >= 15 is 0 Å². The summed E-state index contributed by atoms with van der Waals surface area (Å²) in [5.74, 6) is 2.14. The van der Waals surface area contributed by atoms with Crippen molar-refractivity contribution in [1.82, 2.24) is 20.2 Å². The third kappa shape index (κ3) is 4.15. The van der Waals surface area contributed by atoms with Crippen LogP contribution in [-0.4, -0.2) is 47.6 Å².